The lowest BCUT2D eigenvalue weighted by Crippen LogP contribution is -2.46. The second-order valence-electron chi connectivity index (χ2n) is 4.98. The van der Waals surface area contributed by atoms with E-state index in [0.29, 0.717) is 18.6 Å². The van der Waals surface area contributed by atoms with Crippen LogP contribution in [0.5, 0.6) is 0 Å². The summed E-state index contributed by atoms with van der Waals surface area (Å²) in [5, 5.41) is 2.14. The minimum absolute atomic E-state index is 0.377. The number of thiophene rings is 1. The number of nitrogens with two attached hydrogens (primary N) is 1. The van der Waals surface area contributed by atoms with Gasteiger partial charge in [-0.2, -0.15) is 0 Å². The summed E-state index contributed by atoms with van der Waals surface area (Å²) in [6.07, 6.45) is 2.64. The lowest BCUT2D eigenvalue weighted by atomic mass is 9.90. The molecule has 3 unspecified atom stereocenters. The van der Waals surface area contributed by atoms with Crippen molar-refractivity contribution in [1.29, 1.82) is 0 Å². The second-order valence-corrected chi connectivity index (χ2v) is 6.78. The van der Waals surface area contributed by atoms with Gasteiger partial charge in [-0.05, 0) is 59.6 Å². The molecule has 96 valence electrons. The molecule has 0 amide bonds. The highest BCUT2D eigenvalue weighted by atomic mass is 79.9. The van der Waals surface area contributed by atoms with Crippen LogP contribution in [0, 0.1) is 5.92 Å². The summed E-state index contributed by atoms with van der Waals surface area (Å²) in [7, 11) is 0. The summed E-state index contributed by atoms with van der Waals surface area (Å²) < 4.78 is 1.21. The standard InChI is InChI=1S/C13H21BrN2S/c1-9-4-3-6-16(10(9)2)12(8-15)13-11(14)5-7-17-13/h5,7,9-10,12H,3-4,6,8,15H2,1-2H3. The van der Waals surface area contributed by atoms with E-state index in [9.17, 15) is 0 Å². The second kappa shape index (κ2) is 5.83. The fraction of sp³-hybridized carbons (Fsp3) is 0.692. The van der Waals surface area contributed by atoms with Crippen molar-refractivity contribution < 1.29 is 0 Å². The smallest absolute Gasteiger partial charge is 0.0578 e. The fourth-order valence-corrected chi connectivity index (χ4v) is 4.52. The van der Waals surface area contributed by atoms with E-state index in [1.165, 1.54) is 28.7 Å². The normalized spacial score (nSPS) is 28.2. The number of hydrogen-bond acceptors (Lipinski definition) is 3. The summed E-state index contributed by atoms with van der Waals surface area (Å²) in [5.74, 6) is 0.775. The maximum Gasteiger partial charge on any atom is 0.0578 e. The van der Waals surface area contributed by atoms with E-state index < -0.39 is 0 Å². The summed E-state index contributed by atoms with van der Waals surface area (Å²) in [4.78, 5) is 3.97. The third-order valence-electron chi connectivity index (χ3n) is 3.99. The molecule has 1 aromatic heterocycles. The van der Waals surface area contributed by atoms with Crippen molar-refractivity contribution in [2.75, 3.05) is 13.1 Å². The first-order valence-corrected chi connectivity index (χ1v) is 8.01. The van der Waals surface area contributed by atoms with Crippen LogP contribution in [0.1, 0.15) is 37.6 Å². The van der Waals surface area contributed by atoms with Crippen molar-refractivity contribution in [3.63, 3.8) is 0 Å². The molecule has 17 heavy (non-hydrogen) atoms. The van der Waals surface area contributed by atoms with Gasteiger partial charge in [0, 0.05) is 21.9 Å². The van der Waals surface area contributed by atoms with Crippen molar-refractivity contribution in [3.05, 3.63) is 20.8 Å². The highest BCUT2D eigenvalue weighted by Crippen LogP contribution is 2.36. The summed E-state index contributed by atoms with van der Waals surface area (Å²) in [5.41, 5.74) is 6.02. The number of hydrogen-bond donors (Lipinski definition) is 1. The Morgan fingerprint density at radius 1 is 1.59 bits per heavy atom. The van der Waals surface area contributed by atoms with E-state index in [1.54, 1.807) is 0 Å². The Kier molecular flexibility index (Phi) is 4.64. The summed E-state index contributed by atoms with van der Waals surface area (Å²) in [6.45, 7) is 6.58. The van der Waals surface area contributed by atoms with Crippen molar-refractivity contribution in [2.45, 2.75) is 38.8 Å². The van der Waals surface area contributed by atoms with Crippen LogP contribution >= 0.6 is 27.3 Å². The van der Waals surface area contributed by atoms with Crippen LogP contribution in [0.2, 0.25) is 0 Å². The molecule has 1 aliphatic rings. The molecule has 4 heteroatoms. The Labute approximate surface area is 116 Å². The predicted octanol–water partition coefficient (Wildman–Crippen LogP) is 3.63. The van der Waals surface area contributed by atoms with Crippen LogP contribution in [0.4, 0.5) is 0 Å². The third kappa shape index (κ3) is 2.75. The molecule has 2 N–H and O–H groups in total. The Bertz CT molecular complexity index is 366. The molecule has 1 aliphatic heterocycles. The Hall–Kier alpha value is 0.100. The molecule has 0 spiro atoms. The Balaban J connectivity index is 2.21. The van der Waals surface area contributed by atoms with E-state index in [4.69, 9.17) is 5.73 Å². The van der Waals surface area contributed by atoms with Crippen LogP contribution in [0.3, 0.4) is 0 Å². The molecule has 0 radical (unpaired) electrons. The van der Waals surface area contributed by atoms with Gasteiger partial charge < -0.3 is 5.73 Å². The van der Waals surface area contributed by atoms with Crippen molar-refractivity contribution in [2.24, 2.45) is 11.7 Å². The van der Waals surface area contributed by atoms with Crippen molar-refractivity contribution >= 4 is 27.3 Å². The lowest BCUT2D eigenvalue weighted by Gasteiger charge is -2.42. The predicted molar refractivity (Wildman–Crippen MR) is 78.4 cm³/mol. The summed E-state index contributed by atoms with van der Waals surface area (Å²) in [6, 6.07) is 3.13. The van der Waals surface area contributed by atoms with Gasteiger partial charge in [0.1, 0.15) is 0 Å². The number of halogens is 1. The maximum absolute atomic E-state index is 6.02. The lowest BCUT2D eigenvalue weighted by molar-refractivity contribution is 0.0722. The van der Waals surface area contributed by atoms with E-state index in [-0.39, 0.29) is 0 Å². The molecular weight excluding hydrogens is 296 g/mol. The van der Waals surface area contributed by atoms with E-state index in [1.807, 2.05) is 11.3 Å². The SMILES string of the molecule is CC1CCCN(C(CN)c2sccc2Br)C1C. The van der Waals surface area contributed by atoms with Gasteiger partial charge in [0.25, 0.3) is 0 Å². The van der Waals surface area contributed by atoms with Crippen molar-refractivity contribution in [3.8, 4) is 0 Å². The molecule has 1 aromatic rings. The zero-order chi connectivity index (χ0) is 12.4. The Morgan fingerprint density at radius 2 is 2.35 bits per heavy atom. The molecule has 0 aliphatic carbocycles. The van der Waals surface area contributed by atoms with Gasteiger partial charge >= 0.3 is 0 Å². The average Bonchev–Trinajstić information content (AvgIpc) is 2.72. The minimum atomic E-state index is 0.377. The zero-order valence-electron chi connectivity index (χ0n) is 10.5. The number of rotatable bonds is 3. The van der Waals surface area contributed by atoms with Gasteiger partial charge in [0.05, 0.1) is 6.04 Å². The minimum Gasteiger partial charge on any atom is -0.329 e. The van der Waals surface area contributed by atoms with Crippen LogP contribution < -0.4 is 5.73 Å². The highest BCUT2D eigenvalue weighted by molar-refractivity contribution is 9.10. The zero-order valence-corrected chi connectivity index (χ0v) is 12.9. The van der Waals surface area contributed by atoms with E-state index >= 15 is 0 Å². The highest BCUT2D eigenvalue weighted by Gasteiger charge is 2.31. The average molecular weight is 317 g/mol. The molecule has 0 aromatic carbocycles. The Morgan fingerprint density at radius 3 is 2.94 bits per heavy atom. The molecule has 0 saturated carbocycles. The molecule has 3 atom stereocenters. The molecule has 2 rings (SSSR count). The molecule has 1 saturated heterocycles. The van der Waals surface area contributed by atoms with Gasteiger partial charge in [-0.1, -0.05) is 6.92 Å². The maximum atomic E-state index is 6.02. The van der Waals surface area contributed by atoms with Crippen molar-refractivity contribution in [1.82, 2.24) is 4.90 Å². The first-order valence-electron chi connectivity index (χ1n) is 6.33. The first kappa shape index (κ1) is 13.5. The van der Waals surface area contributed by atoms with Gasteiger partial charge in [0.15, 0.2) is 0 Å². The number of likely N-dealkylation sites (tertiary alicyclic amines) is 1. The number of nitrogens with zero attached hydrogens (tertiary/aromatic N) is 1. The summed E-state index contributed by atoms with van der Waals surface area (Å²) >= 11 is 5.45. The number of piperidine rings is 1. The third-order valence-corrected chi connectivity index (χ3v) is 5.97. The topological polar surface area (TPSA) is 29.3 Å². The molecule has 2 heterocycles. The first-order chi connectivity index (χ1) is 8.15. The quantitative estimate of drug-likeness (QED) is 0.922. The van der Waals surface area contributed by atoms with Crippen LogP contribution in [-0.2, 0) is 0 Å². The van der Waals surface area contributed by atoms with E-state index in [2.05, 4.69) is 46.1 Å². The van der Waals surface area contributed by atoms with Crippen LogP contribution in [0.25, 0.3) is 0 Å². The molecule has 0 bridgehead atoms. The van der Waals surface area contributed by atoms with E-state index in [0.717, 1.165) is 5.92 Å². The fourth-order valence-electron chi connectivity index (χ4n) is 2.74. The largest absolute Gasteiger partial charge is 0.329 e. The van der Waals surface area contributed by atoms with Gasteiger partial charge in [-0.3, -0.25) is 4.90 Å². The van der Waals surface area contributed by atoms with Gasteiger partial charge in [-0.15, -0.1) is 11.3 Å². The molecular formula is C13H21BrN2S. The monoisotopic (exact) mass is 316 g/mol. The van der Waals surface area contributed by atoms with Gasteiger partial charge in [0.2, 0.25) is 0 Å². The molecule has 1 fully saturated rings. The van der Waals surface area contributed by atoms with Gasteiger partial charge in [-0.25, -0.2) is 0 Å². The van der Waals surface area contributed by atoms with Crippen LogP contribution in [0.15, 0.2) is 15.9 Å². The van der Waals surface area contributed by atoms with Crippen LogP contribution in [-0.4, -0.2) is 24.0 Å². The molecule has 2 nitrogen and oxygen atoms in total.